The lowest BCUT2D eigenvalue weighted by atomic mass is 10.1. The highest BCUT2D eigenvalue weighted by molar-refractivity contribution is 9.11. The van der Waals surface area contributed by atoms with E-state index in [-0.39, 0.29) is 6.04 Å². The summed E-state index contributed by atoms with van der Waals surface area (Å²) in [7, 11) is -6.00. The van der Waals surface area contributed by atoms with Crippen LogP contribution in [0, 0.1) is 0 Å². The first kappa shape index (κ1) is 15.6. The first-order valence-electron chi connectivity index (χ1n) is 5.99. The molecule has 0 spiro atoms. The van der Waals surface area contributed by atoms with Gasteiger partial charge < -0.3 is 22.2 Å². The molecule has 9 heteroatoms. The van der Waals surface area contributed by atoms with Crippen molar-refractivity contribution < 1.29 is 22.3 Å². The van der Waals surface area contributed by atoms with E-state index < -0.39 is 7.25 Å². The van der Waals surface area contributed by atoms with Crippen LogP contribution in [-0.4, -0.2) is 18.6 Å². The van der Waals surface area contributed by atoms with Gasteiger partial charge in [0.15, 0.2) is 6.04 Å². The average molecular weight is 364 g/mol. The van der Waals surface area contributed by atoms with Gasteiger partial charge >= 0.3 is 7.25 Å². The van der Waals surface area contributed by atoms with Crippen LogP contribution in [0.5, 0.6) is 0 Å². The van der Waals surface area contributed by atoms with Gasteiger partial charge in [-0.1, -0.05) is 18.2 Å². The fourth-order valence-electron chi connectivity index (χ4n) is 1.99. The lowest BCUT2D eigenvalue weighted by Gasteiger charge is -2.10. The molecule has 1 atom stereocenters. The van der Waals surface area contributed by atoms with Gasteiger partial charge in [-0.25, -0.2) is 0 Å². The van der Waals surface area contributed by atoms with Crippen LogP contribution in [0.3, 0.4) is 0 Å². The Morgan fingerprint density at radius 2 is 1.81 bits per heavy atom. The van der Waals surface area contributed by atoms with Crippen LogP contribution >= 0.6 is 15.9 Å². The Bertz CT molecular complexity index is 674. The van der Waals surface area contributed by atoms with E-state index in [0.717, 1.165) is 10.00 Å². The van der Waals surface area contributed by atoms with Crippen LogP contribution in [0.15, 0.2) is 41.1 Å². The normalized spacial score (nSPS) is 17.8. The molecule has 0 saturated carbocycles. The molecule has 0 fully saturated rings. The predicted molar refractivity (Wildman–Crippen MR) is 78.4 cm³/mol. The van der Waals surface area contributed by atoms with E-state index in [4.69, 9.17) is 0 Å². The molecular formula is C12H11BBrF4N3. The maximum atomic E-state index is 9.75. The number of para-hydroxylation sites is 1. The molecule has 2 aromatic rings. The molecule has 0 radical (unpaired) electrons. The quantitative estimate of drug-likeness (QED) is 0.528. The number of hydrogen-bond donors (Lipinski definition) is 3. The third-order valence-electron chi connectivity index (χ3n) is 2.76. The lowest BCUT2D eigenvalue weighted by Crippen LogP contribution is -2.74. The molecule has 1 unspecified atom stereocenters. The number of hydrogen-bond acceptors (Lipinski definition) is 1. The molecule has 3 nitrogen and oxygen atoms in total. The minimum Gasteiger partial charge on any atom is -0.418 e. The standard InChI is InChI=1S/C12H10BrN3.BF4/c13-10-6-14-7-16-12(10)9-5-15-11-4-2-1-3-8(9)11;2-1(3,4)5/h1-7,12,15H,(H,14,16);/q;-1/p+1. The fourth-order valence-corrected chi connectivity index (χ4v) is 2.50. The zero-order valence-electron chi connectivity index (χ0n) is 10.6. The van der Waals surface area contributed by atoms with Crippen molar-refractivity contribution in [3.05, 3.63) is 46.7 Å². The van der Waals surface area contributed by atoms with Gasteiger partial charge in [0.05, 0.1) is 4.48 Å². The zero-order valence-corrected chi connectivity index (χ0v) is 12.2. The number of nitrogens with one attached hydrogen (secondary N) is 3. The second-order valence-electron chi connectivity index (χ2n) is 4.22. The summed E-state index contributed by atoms with van der Waals surface area (Å²) in [5, 5.41) is 4.27. The van der Waals surface area contributed by atoms with Crippen LogP contribution in [0.4, 0.5) is 17.3 Å². The Hall–Kier alpha value is -1.77. The molecule has 1 aromatic heterocycles. The van der Waals surface area contributed by atoms with Gasteiger partial charge in [0.25, 0.3) is 0 Å². The van der Waals surface area contributed by atoms with Crippen LogP contribution in [0.25, 0.3) is 10.9 Å². The molecule has 0 aliphatic carbocycles. The van der Waals surface area contributed by atoms with E-state index in [1.807, 2.05) is 18.6 Å². The number of fused-ring (bicyclic) bond motifs is 1. The summed E-state index contributed by atoms with van der Waals surface area (Å²) in [6.45, 7) is 0. The van der Waals surface area contributed by atoms with Crippen molar-refractivity contribution in [3.63, 3.8) is 0 Å². The third-order valence-corrected chi connectivity index (χ3v) is 3.45. The molecule has 1 aliphatic heterocycles. The van der Waals surface area contributed by atoms with Gasteiger partial charge in [-0.3, -0.25) is 10.3 Å². The van der Waals surface area contributed by atoms with Crippen molar-refractivity contribution >= 4 is 40.4 Å². The fraction of sp³-hybridized carbons (Fsp3) is 0.0833. The Kier molecular flexibility index (Phi) is 4.71. The largest absolute Gasteiger partial charge is 0.673 e. The molecule has 2 heterocycles. The van der Waals surface area contributed by atoms with Gasteiger partial charge in [0.1, 0.15) is 6.20 Å². The second-order valence-corrected chi connectivity index (χ2v) is 5.14. The number of rotatable bonds is 1. The predicted octanol–water partition coefficient (Wildman–Crippen LogP) is 2.46. The van der Waals surface area contributed by atoms with Gasteiger partial charge in [-0.05, 0) is 22.0 Å². The number of benzene rings is 1. The van der Waals surface area contributed by atoms with E-state index in [1.54, 1.807) is 0 Å². The Balaban J connectivity index is 0.000000282. The maximum absolute atomic E-state index is 9.75. The van der Waals surface area contributed by atoms with Gasteiger partial charge in [-0.2, -0.15) is 0 Å². The Morgan fingerprint density at radius 1 is 1.14 bits per heavy atom. The number of aromatic nitrogens is 1. The highest BCUT2D eigenvalue weighted by atomic mass is 79.9. The summed E-state index contributed by atoms with van der Waals surface area (Å²) in [4.78, 5) is 6.58. The molecule has 1 aliphatic rings. The van der Waals surface area contributed by atoms with Crippen molar-refractivity contribution in [1.29, 1.82) is 0 Å². The molecule has 3 N–H and O–H groups in total. The summed E-state index contributed by atoms with van der Waals surface area (Å²) >= 11 is 3.56. The molecule has 3 rings (SSSR count). The van der Waals surface area contributed by atoms with E-state index in [1.165, 1.54) is 10.9 Å². The first-order valence-corrected chi connectivity index (χ1v) is 6.78. The number of H-pyrrole nitrogens is 1. The smallest absolute Gasteiger partial charge is 0.418 e. The highest BCUT2D eigenvalue weighted by Gasteiger charge is 2.22. The van der Waals surface area contributed by atoms with Crippen molar-refractivity contribution in [3.8, 4) is 0 Å². The molecule has 0 bridgehead atoms. The minimum absolute atomic E-state index is 0.178. The van der Waals surface area contributed by atoms with Gasteiger partial charge in [-0.15, -0.1) is 0 Å². The highest BCUT2D eigenvalue weighted by Crippen LogP contribution is 2.28. The van der Waals surface area contributed by atoms with Gasteiger partial charge in [0.2, 0.25) is 6.34 Å². The van der Waals surface area contributed by atoms with Crippen molar-refractivity contribution in [2.45, 2.75) is 6.04 Å². The SMILES string of the molecule is BrC1=CNC=[NH+]C1c1c[nH]c2ccccc12.F[B-](F)(F)F. The van der Waals surface area contributed by atoms with E-state index in [2.05, 4.69) is 55.6 Å². The number of halogens is 5. The van der Waals surface area contributed by atoms with Crippen LogP contribution in [0.2, 0.25) is 0 Å². The summed E-state index contributed by atoms with van der Waals surface area (Å²) in [5.41, 5.74) is 2.41. The van der Waals surface area contributed by atoms with E-state index >= 15 is 0 Å². The second kappa shape index (κ2) is 6.34. The van der Waals surface area contributed by atoms with E-state index in [0.29, 0.717) is 0 Å². The topological polar surface area (TPSA) is 41.8 Å². The molecular weight excluding hydrogens is 353 g/mol. The van der Waals surface area contributed by atoms with Crippen molar-refractivity contribution in [2.24, 2.45) is 0 Å². The van der Waals surface area contributed by atoms with Crippen molar-refractivity contribution in [2.75, 3.05) is 0 Å². The van der Waals surface area contributed by atoms with Crippen LogP contribution < -0.4 is 10.3 Å². The third kappa shape index (κ3) is 4.35. The Labute approximate surface area is 126 Å². The van der Waals surface area contributed by atoms with Crippen LogP contribution in [-0.2, 0) is 0 Å². The first-order chi connectivity index (χ1) is 9.86. The summed E-state index contributed by atoms with van der Waals surface area (Å²) in [5.74, 6) is 0. The maximum Gasteiger partial charge on any atom is 0.673 e. The Morgan fingerprint density at radius 3 is 2.48 bits per heavy atom. The van der Waals surface area contributed by atoms with Crippen LogP contribution in [0.1, 0.15) is 11.6 Å². The summed E-state index contributed by atoms with van der Waals surface area (Å²) in [6.07, 6.45) is 5.84. The molecule has 0 saturated heterocycles. The summed E-state index contributed by atoms with van der Waals surface area (Å²) < 4.78 is 40.1. The number of aromatic amines is 1. The molecule has 112 valence electrons. The lowest BCUT2D eigenvalue weighted by molar-refractivity contribution is -0.494. The molecule has 1 aromatic carbocycles. The van der Waals surface area contributed by atoms with E-state index in [9.17, 15) is 17.3 Å². The minimum atomic E-state index is -6.00. The monoisotopic (exact) mass is 363 g/mol. The van der Waals surface area contributed by atoms with Crippen molar-refractivity contribution in [1.82, 2.24) is 10.3 Å². The zero-order chi connectivity index (χ0) is 15.5. The average Bonchev–Trinajstić information content (AvgIpc) is 2.81. The van der Waals surface area contributed by atoms with Gasteiger partial charge in [0, 0.05) is 22.7 Å². The molecule has 21 heavy (non-hydrogen) atoms. The summed E-state index contributed by atoms with van der Waals surface area (Å²) in [6, 6.07) is 8.49. The molecule has 0 amide bonds.